The lowest BCUT2D eigenvalue weighted by atomic mass is 10.1. The van der Waals surface area contributed by atoms with Crippen LogP contribution in [0.4, 0.5) is 5.95 Å². The van der Waals surface area contributed by atoms with Gasteiger partial charge in [-0.3, -0.25) is 4.79 Å². The van der Waals surface area contributed by atoms with Gasteiger partial charge in [-0.2, -0.15) is 0 Å². The average Bonchev–Trinajstić information content (AvgIpc) is 3.03. The van der Waals surface area contributed by atoms with Crippen molar-refractivity contribution in [3.63, 3.8) is 0 Å². The van der Waals surface area contributed by atoms with Gasteiger partial charge < -0.3 is 15.6 Å². The third-order valence-corrected chi connectivity index (χ3v) is 3.85. The number of anilines is 1. The van der Waals surface area contributed by atoms with Crippen molar-refractivity contribution in [1.29, 1.82) is 0 Å². The fourth-order valence-electron chi connectivity index (χ4n) is 2.67. The summed E-state index contributed by atoms with van der Waals surface area (Å²) in [4.78, 5) is 24.1. The molecule has 0 fully saturated rings. The van der Waals surface area contributed by atoms with E-state index in [0.29, 0.717) is 24.7 Å². The van der Waals surface area contributed by atoms with Gasteiger partial charge in [-0.1, -0.05) is 24.3 Å². The quantitative estimate of drug-likeness (QED) is 0.580. The molecule has 25 heavy (non-hydrogen) atoms. The zero-order valence-electron chi connectivity index (χ0n) is 14.2. The van der Waals surface area contributed by atoms with E-state index in [0.717, 1.165) is 17.6 Å². The molecule has 0 aliphatic carbocycles. The molecule has 0 saturated carbocycles. The second kappa shape index (κ2) is 7.61. The maximum Gasteiger partial charge on any atom is 0.270 e. The molecule has 128 valence electrons. The van der Waals surface area contributed by atoms with Gasteiger partial charge in [-0.25, -0.2) is 9.97 Å². The number of aromatic nitrogens is 3. The molecular formula is C19H21N5O. The van der Waals surface area contributed by atoms with Crippen LogP contribution in [0.25, 0.3) is 10.9 Å². The highest BCUT2D eigenvalue weighted by atomic mass is 16.1. The molecule has 0 radical (unpaired) electrons. The van der Waals surface area contributed by atoms with Gasteiger partial charge in [0.15, 0.2) is 0 Å². The molecule has 6 nitrogen and oxygen atoms in total. The number of fused-ring (bicyclic) bond motifs is 1. The SMILES string of the molecule is C=CCNc1nc(C)cc(C(=O)NCCc2c[nH]c3ccccc23)n1. The fourth-order valence-corrected chi connectivity index (χ4v) is 2.67. The van der Waals surface area contributed by atoms with Gasteiger partial charge in [0.25, 0.3) is 5.91 Å². The fraction of sp³-hybridized carbons (Fsp3) is 0.211. The summed E-state index contributed by atoms with van der Waals surface area (Å²) in [5, 5.41) is 7.11. The number of nitrogens with one attached hydrogen (secondary N) is 3. The van der Waals surface area contributed by atoms with Gasteiger partial charge >= 0.3 is 0 Å². The predicted octanol–water partition coefficient (Wildman–Crippen LogP) is 2.84. The standard InChI is InChI=1S/C19H21N5O/c1-3-9-21-19-23-13(2)11-17(24-19)18(25)20-10-8-14-12-22-16-7-5-4-6-15(14)16/h3-7,11-12,22H,1,8-10H2,2H3,(H,20,25)(H,21,23,24). The van der Waals surface area contributed by atoms with Crippen LogP contribution >= 0.6 is 0 Å². The van der Waals surface area contributed by atoms with Crippen LogP contribution in [0, 0.1) is 6.92 Å². The highest BCUT2D eigenvalue weighted by molar-refractivity contribution is 5.92. The van der Waals surface area contributed by atoms with Crippen LogP contribution in [0.2, 0.25) is 0 Å². The van der Waals surface area contributed by atoms with Crippen LogP contribution in [-0.2, 0) is 6.42 Å². The predicted molar refractivity (Wildman–Crippen MR) is 99.8 cm³/mol. The summed E-state index contributed by atoms with van der Waals surface area (Å²) < 4.78 is 0. The van der Waals surface area contributed by atoms with E-state index in [1.165, 1.54) is 10.9 Å². The second-order valence-corrected chi connectivity index (χ2v) is 5.75. The monoisotopic (exact) mass is 335 g/mol. The molecule has 0 aliphatic heterocycles. The number of benzene rings is 1. The van der Waals surface area contributed by atoms with Gasteiger partial charge in [0.2, 0.25) is 5.95 Å². The first-order chi connectivity index (χ1) is 12.2. The van der Waals surface area contributed by atoms with Crippen LogP contribution < -0.4 is 10.6 Å². The summed E-state index contributed by atoms with van der Waals surface area (Å²) in [6.07, 6.45) is 4.46. The number of aromatic amines is 1. The third kappa shape index (κ3) is 4.03. The molecule has 0 aliphatic rings. The summed E-state index contributed by atoms with van der Waals surface area (Å²) in [5.41, 5.74) is 3.39. The summed E-state index contributed by atoms with van der Waals surface area (Å²) in [6, 6.07) is 9.81. The maximum atomic E-state index is 12.4. The van der Waals surface area contributed by atoms with E-state index in [1.807, 2.05) is 31.3 Å². The number of H-pyrrole nitrogens is 1. The first-order valence-corrected chi connectivity index (χ1v) is 8.21. The Kier molecular flexibility index (Phi) is 5.09. The number of para-hydroxylation sites is 1. The highest BCUT2D eigenvalue weighted by Gasteiger charge is 2.10. The number of hydrogen-bond acceptors (Lipinski definition) is 4. The summed E-state index contributed by atoms with van der Waals surface area (Å²) >= 11 is 0. The molecule has 2 heterocycles. The molecule has 1 amide bonds. The van der Waals surface area contributed by atoms with Crippen molar-refractivity contribution in [2.75, 3.05) is 18.4 Å². The Hall–Kier alpha value is -3.15. The maximum absolute atomic E-state index is 12.4. The van der Waals surface area contributed by atoms with Crippen molar-refractivity contribution < 1.29 is 4.79 Å². The zero-order chi connectivity index (χ0) is 17.6. The van der Waals surface area contributed by atoms with E-state index in [-0.39, 0.29) is 5.91 Å². The van der Waals surface area contributed by atoms with Crippen molar-refractivity contribution in [3.8, 4) is 0 Å². The summed E-state index contributed by atoms with van der Waals surface area (Å²) in [7, 11) is 0. The molecule has 6 heteroatoms. The number of carbonyl (C=O) groups excluding carboxylic acids is 1. The normalized spacial score (nSPS) is 10.6. The van der Waals surface area contributed by atoms with E-state index in [9.17, 15) is 4.79 Å². The van der Waals surface area contributed by atoms with Crippen LogP contribution in [0.1, 0.15) is 21.7 Å². The minimum absolute atomic E-state index is 0.202. The van der Waals surface area contributed by atoms with Gasteiger partial charge in [0, 0.05) is 35.9 Å². The molecule has 0 saturated heterocycles. The number of carbonyl (C=O) groups is 1. The Labute approximate surface area is 146 Å². The molecule has 0 spiro atoms. The lowest BCUT2D eigenvalue weighted by Crippen LogP contribution is -2.27. The van der Waals surface area contributed by atoms with Crippen molar-refractivity contribution >= 4 is 22.8 Å². The minimum atomic E-state index is -0.202. The average molecular weight is 335 g/mol. The van der Waals surface area contributed by atoms with Crippen molar-refractivity contribution in [2.45, 2.75) is 13.3 Å². The number of hydrogen-bond donors (Lipinski definition) is 3. The Morgan fingerprint density at radius 1 is 1.32 bits per heavy atom. The van der Waals surface area contributed by atoms with Crippen molar-refractivity contribution in [3.05, 3.63) is 66.1 Å². The van der Waals surface area contributed by atoms with Crippen molar-refractivity contribution in [2.24, 2.45) is 0 Å². The number of nitrogens with zero attached hydrogens (tertiary/aromatic N) is 2. The second-order valence-electron chi connectivity index (χ2n) is 5.75. The molecule has 3 N–H and O–H groups in total. The summed E-state index contributed by atoms with van der Waals surface area (Å²) in [6.45, 7) is 6.57. The first-order valence-electron chi connectivity index (χ1n) is 8.21. The lowest BCUT2D eigenvalue weighted by molar-refractivity contribution is 0.0949. The molecule has 0 bridgehead atoms. The number of aryl methyl sites for hydroxylation is 1. The molecule has 2 aromatic heterocycles. The topological polar surface area (TPSA) is 82.7 Å². The highest BCUT2D eigenvalue weighted by Crippen LogP contribution is 2.17. The van der Waals surface area contributed by atoms with E-state index in [4.69, 9.17) is 0 Å². The molecular weight excluding hydrogens is 314 g/mol. The molecule has 0 atom stereocenters. The summed E-state index contributed by atoms with van der Waals surface area (Å²) in [5.74, 6) is 0.230. The van der Waals surface area contributed by atoms with Crippen LogP contribution in [0.5, 0.6) is 0 Å². The van der Waals surface area contributed by atoms with Gasteiger partial charge in [-0.05, 0) is 31.0 Å². The van der Waals surface area contributed by atoms with E-state index >= 15 is 0 Å². The molecule has 0 unspecified atom stereocenters. The smallest absolute Gasteiger partial charge is 0.270 e. The first kappa shape index (κ1) is 16.7. The van der Waals surface area contributed by atoms with Gasteiger partial charge in [0.05, 0.1) is 0 Å². The number of amides is 1. The van der Waals surface area contributed by atoms with Gasteiger partial charge in [-0.15, -0.1) is 6.58 Å². The zero-order valence-corrected chi connectivity index (χ0v) is 14.2. The molecule has 3 aromatic rings. The van der Waals surface area contributed by atoms with E-state index in [1.54, 1.807) is 12.1 Å². The van der Waals surface area contributed by atoms with E-state index in [2.05, 4.69) is 38.2 Å². The minimum Gasteiger partial charge on any atom is -0.361 e. The molecule has 3 rings (SSSR count). The number of rotatable bonds is 7. The van der Waals surface area contributed by atoms with Crippen LogP contribution in [0.3, 0.4) is 0 Å². The Morgan fingerprint density at radius 2 is 2.16 bits per heavy atom. The lowest BCUT2D eigenvalue weighted by Gasteiger charge is -2.08. The third-order valence-electron chi connectivity index (χ3n) is 3.85. The van der Waals surface area contributed by atoms with Gasteiger partial charge in [0.1, 0.15) is 5.69 Å². The Balaban J connectivity index is 1.62. The Morgan fingerprint density at radius 3 is 3.00 bits per heavy atom. The molecule has 1 aromatic carbocycles. The largest absolute Gasteiger partial charge is 0.361 e. The van der Waals surface area contributed by atoms with Crippen LogP contribution in [-0.4, -0.2) is 33.9 Å². The Bertz CT molecular complexity index is 900. The van der Waals surface area contributed by atoms with Crippen molar-refractivity contribution in [1.82, 2.24) is 20.3 Å². The van der Waals surface area contributed by atoms with E-state index < -0.39 is 0 Å². The van der Waals surface area contributed by atoms with Crippen LogP contribution in [0.15, 0.2) is 49.2 Å².